The van der Waals surface area contributed by atoms with E-state index in [-0.39, 0.29) is 28.8 Å². The lowest BCUT2D eigenvalue weighted by molar-refractivity contribution is 0.242. The minimum absolute atomic E-state index is 0.00732. The maximum atomic E-state index is 14.8. The Bertz CT molecular complexity index is 1340. The third-order valence-electron chi connectivity index (χ3n) is 6.20. The van der Waals surface area contributed by atoms with E-state index in [4.69, 9.17) is 4.42 Å². The molecular weight excluding hydrogens is 469 g/mol. The van der Waals surface area contributed by atoms with E-state index in [0.717, 1.165) is 37.0 Å². The number of piperazine rings is 1. The molecule has 0 saturated carbocycles. The average Bonchev–Trinajstić information content (AvgIpc) is 3.39. The normalized spacial score (nSPS) is 14.3. The molecule has 2 aromatic carbocycles. The van der Waals surface area contributed by atoms with Gasteiger partial charge in [-0.15, -0.1) is 5.10 Å². The van der Waals surface area contributed by atoms with Crippen molar-refractivity contribution >= 4 is 17.4 Å². The first-order valence-corrected chi connectivity index (χ1v) is 11.8. The highest BCUT2D eigenvalue weighted by molar-refractivity contribution is 5.78. The Labute approximate surface area is 206 Å². The fourth-order valence-electron chi connectivity index (χ4n) is 4.14. The van der Waals surface area contributed by atoms with Crippen molar-refractivity contribution in [3.05, 3.63) is 83.4 Å². The van der Waals surface area contributed by atoms with Gasteiger partial charge in [0.1, 0.15) is 5.82 Å². The second kappa shape index (κ2) is 10.4. The minimum Gasteiger partial charge on any atom is -0.403 e. The molecule has 0 unspecified atom stereocenters. The van der Waals surface area contributed by atoms with Gasteiger partial charge in [0.2, 0.25) is 0 Å². The van der Waals surface area contributed by atoms with E-state index in [0.29, 0.717) is 19.5 Å². The van der Waals surface area contributed by atoms with Gasteiger partial charge in [0.25, 0.3) is 5.89 Å². The first-order valence-electron chi connectivity index (χ1n) is 11.8. The van der Waals surface area contributed by atoms with Gasteiger partial charge in [-0.25, -0.2) is 13.2 Å². The molecule has 0 atom stereocenters. The Morgan fingerprint density at radius 2 is 1.78 bits per heavy atom. The molecule has 1 aliphatic heterocycles. The number of aryl methyl sites for hydroxylation is 1. The quantitative estimate of drug-likeness (QED) is 0.380. The zero-order valence-electron chi connectivity index (χ0n) is 19.7. The van der Waals surface area contributed by atoms with E-state index in [9.17, 15) is 13.2 Å². The van der Waals surface area contributed by atoms with Crippen molar-refractivity contribution in [3.8, 4) is 11.5 Å². The fraction of sp³-hybridized carbons (Fsp3) is 0.269. The summed E-state index contributed by atoms with van der Waals surface area (Å²) < 4.78 is 49.3. The van der Waals surface area contributed by atoms with Gasteiger partial charge in [0.15, 0.2) is 11.6 Å². The van der Waals surface area contributed by atoms with Gasteiger partial charge in [-0.1, -0.05) is 24.2 Å². The highest BCUT2D eigenvalue weighted by atomic mass is 19.2. The molecule has 2 aromatic heterocycles. The summed E-state index contributed by atoms with van der Waals surface area (Å²) in [5.41, 5.74) is 1.68. The third-order valence-corrected chi connectivity index (χ3v) is 6.20. The highest BCUT2D eigenvalue weighted by Crippen LogP contribution is 2.35. The van der Waals surface area contributed by atoms with Gasteiger partial charge in [-0.3, -0.25) is 9.88 Å². The monoisotopic (exact) mass is 494 g/mol. The molecule has 1 fully saturated rings. The summed E-state index contributed by atoms with van der Waals surface area (Å²) in [6, 6.07) is 13.0. The summed E-state index contributed by atoms with van der Waals surface area (Å²) in [6.45, 7) is 5.53. The molecule has 0 amide bonds. The Kier molecular flexibility index (Phi) is 6.86. The van der Waals surface area contributed by atoms with Crippen LogP contribution in [0.25, 0.3) is 11.5 Å². The van der Waals surface area contributed by atoms with E-state index >= 15 is 0 Å². The summed E-state index contributed by atoms with van der Waals surface area (Å²) in [5, 5.41) is 10.9. The van der Waals surface area contributed by atoms with Gasteiger partial charge >= 0.3 is 6.01 Å². The molecule has 186 valence electrons. The van der Waals surface area contributed by atoms with Crippen molar-refractivity contribution in [1.29, 1.82) is 0 Å². The maximum Gasteiger partial charge on any atom is 0.318 e. The van der Waals surface area contributed by atoms with Crippen LogP contribution in [0.15, 0.2) is 59.1 Å². The molecule has 3 heterocycles. The Morgan fingerprint density at radius 3 is 2.50 bits per heavy atom. The highest BCUT2D eigenvalue weighted by Gasteiger charge is 2.24. The second-order valence-corrected chi connectivity index (χ2v) is 8.55. The largest absolute Gasteiger partial charge is 0.403 e. The number of hydrogen-bond acceptors (Lipinski definition) is 7. The summed E-state index contributed by atoms with van der Waals surface area (Å²) in [7, 11) is 0. The van der Waals surface area contributed by atoms with Crippen molar-refractivity contribution < 1.29 is 17.6 Å². The van der Waals surface area contributed by atoms with Gasteiger partial charge in [0.05, 0.1) is 22.6 Å². The fourth-order valence-corrected chi connectivity index (χ4v) is 4.14. The van der Waals surface area contributed by atoms with E-state index in [1.54, 1.807) is 12.3 Å². The second-order valence-electron chi connectivity index (χ2n) is 8.55. The number of nitrogens with one attached hydrogen (secondary N) is 1. The van der Waals surface area contributed by atoms with Crippen LogP contribution < -0.4 is 10.2 Å². The smallest absolute Gasteiger partial charge is 0.318 e. The number of aromatic nitrogens is 3. The van der Waals surface area contributed by atoms with E-state index < -0.39 is 17.5 Å². The predicted octanol–water partition coefficient (Wildman–Crippen LogP) is 5.18. The number of nitrogens with zero attached hydrogens (tertiary/aromatic N) is 5. The molecule has 1 aliphatic rings. The van der Waals surface area contributed by atoms with Crippen LogP contribution in [0.1, 0.15) is 18.2 Å². The molecule has 0 spiro atoms. The standard InChI is InChI=1S/C26H25F3N6O/c1-2-17-6-9-22(21(28)15-17)31-24-19(7-8-20(27)23(24)29)25-32-33-26(36-25)35-13-11-34(12-14-35)16-18-5-3-4-10-30-18/h3-10,15,31H,2,11-14,16H2,1H3. The van der Waals surface area contributed by atoms with Crippen molar-refractivity contribution in [2.24, 2.45) is 0 Å². The molecule has 0 bridgehead atoms. The molecular formula is C26H25F3N6O. The molecule has 10 heteroatoms. The predicted molar refractivity (Wildman–Crippen MR) is 130 cm³/mol. The number of hydrogen-bond donors (Lipinski definition) is 1. The van der Waals surface area contributed by atoms with E-state index in [1.165, 1.54) is 18.2 Å². The zero-order chi connectivity index (χ0) is 25.1. The van der Waals surface area contributed by atoms with Crippen LogP contribution >= 0.6 is 0 Å². The van der Waals surface area contributed by atoms with Crippen LogP contribution in [-0.2, 0) is 13.0 Å². The lowest BCUT2D eigenvalue weighted by atomic mass is 10.1. The molecule has 7 nitrogen and oxygen atoms in total. The summed E-state index contributed by atoms with van der Waals surface area (Å²) in [4.78, 5) is 8.60. The minimum atomic E-state index is -1.16. The number of rotatable bonds is 7. The van der Waals surface area contributed by atoms with E-state index in [2.05, 4.69) is 25.4 Å². The van der Waals surface area contributed by atoms with Gasteiger partial charge < -0.3 is 14.6 Å². The number of pyridine rings is 1. The summed E-state index contributed by atoms with van der Waals surface area (Å²) >= 11 is 0. The van der Waals surface area contributed by atoms with Crippen molar-refractivity contribution in [2.75, 3.05) is 36.4 Å². The van der Waals surface area contributed by atoms with Crippen LogP contribution in [-0.4, -0.2) is 46.3 Å². The first-order chi connectivity index (χ1) is 17.5. The average molecular weight is 495 g/mol. The molecule has 0 radical (unpaired) electrons. The van der Waals surface area contributed by atoms with E-state index in [1.807, 2.05) is 30.0 Å². The SMILES string of the molecule is CCc1ccc(Nc2c(-c3nnc(N4CCN(Cc5ccccn5)CC4)o3)ccc(F)c2F)c(F)c1. The molecule has 5 rings (SSSR count). The van der Waals surface area contributed by atoms with Gasteiger partial charge in [0, 0.05) is 38.9 Å². The first kappa shape index (κ1) is 23.8. The van der Waals surface area contributed by atoms with Crippen LogP contribution in [0, 0.1) is 17.5 Å². The molecule has 0 aliphatic carbocycles. The van der Waals surface area contributed by atoms with Crippen LogP contribution in [0.4, 0.5) is 30.6 Å². The molecule has 4 aromatic rings. The summed E-state index contributed by atoms with van der Waals surface area (Å²) in [6.07, 6.45) is 2.43. The van der Waals surface area contributed by atoms with Gasteiger partial charge in [-0.05, 0) is 48.4 Å². The Morgan fingerprint density at radius 1 is 0.944 bits per heavy atom. The van der Waals surface area contributed by atoms with Crippen LogP contribution in [0.5, 0.6) is 0 Å². The molecule has 1 N–H and O–H groups in total. The van der Waals surface area contributed by atoms with Crippen molar-refractivity contribution in [3.63, 3.8) is 0 Å². The Balaban J connectivity index is 1.33. The van der Waals surface area contributed by atoms with Crippen molar-refractivity contribution in [2.45, 2.75) is 19.9 Å². The number of benzene rings is 2. The maximum absolute atomic E-state index is 14.8. The summed E-state index contributed by atoms with van der Waals surface area (Å²) in [5.74, 6) is -2.79. The van der Waals surface area contributed by atoms with Gasteiger partial charge in [-0.2, -0.15) is 0 Å². The lowest BCUT2D eigenvalue weighted by Crippen LogP contribution is -2.46. The third kappa shape index (κ3) is 5.03. The lowest BCUT2D eigenvalue weighted by Gasteiger charge is -2.33. The number of anilines is 3. The zero-order valence-corrected chi connectivity index (χ0v) is 19.7. The van der Waals surface area contributed by atoms with Crippen molar-refractivity contribution in [1.82, 2.24) is 20.1 Å². The Hall–Kier alpha value is -3.92. The molecule has 36 heavy (non-hydrogen) atoms. The molecule has 1 saturated heterocycles. The topological polar surface area (TPSA) is 70.3 Å². The van der Waals surface area contributed by atoms with Crippen LogP contribution in [0.3, 0.4) is 0 Å². The number of halogens is 3. The van der Waals surface area contributed by atoms with Crippen LogP contribution in [0.2, 0.25) is 0 Å².